The molecule has 1 aromatic rings. The number of ketones is 1. The van der Waals surface area contributed by atoms with Crippen LogP contribution in [-0.4, -0.2) is 24.9 Å². The molecule has 0 aromatic carbocycles. The van der Waals surface area contributed by atoms with Gasteiger partial charge in [0.1, 0.15) is 5.82 Å². The Morgan fingerprint density at radius 2 is 2.23 bits per heavy atom. The average Bonchev–Trinajstić information content (AvgIpc) is 2.17. The third kappa shape index (κ3) is 2.15. The minimum Gasteiger partial charge on any atom is -0.363 e. The summed E-state index contributed by atoms with van der Waals surface area (Å²) in [7, 11) is 3.80. The highest BCUT2D eigenvalue weighted by molar-refractivity contribution is 6.03. The summed E-state index contributed by atoms with van der Waals surface area (Å²) in [6.45, 7) is 3.41. The van der Waals surface area contributed by atoms with Crippen LogP contribution in [0, 0.1) is 0 Å². The van der Waals surface area contributed by atoms with Crippen molar-refractivity contribution in [1.82, 2.24) is 4.98 Å². The number of hydrogen-bond acceptors (Lipinski definition) is 3. The number of carbonyl (C=O) groups is 1. The normalized spacial score (nSPS) is 9.38. The first kappa shape index (κ1) is 9.45. The van der Waals surface area contributed by atoms with Crippen molar-refractivity contribution in [2.24, 2.45) is 0 Å². The third-order valence-corrected chi connectivity index (χ3v) is 1.68. The molecule has 0 fully saturated rings. The summed E-state index contributed by atoms with van der Waals surface area (Å²) >= 11 is 0. The topological polar surface area (TPSA) is 33.2 Å². The van der Waals surface area contributed by atoms with Crippen molar-refractivity contribution >= 4 is 11.6 Å². The molecule has 0 N–H and O–H groups in total. The van der Waals surface area contributed by atoms with E-state index in [0.717, 1.165) is 5.82 Å². The first-order chi connectivity index (χ1) is 6.15. The SMILES string of the molecule is C=CC(=O)c1ccc(N(C)C)nc1. The Labute approximate surface area is 77.7 Å². The van der Waals surface area contributed by atoms with Gasteiger partial charge in [0, 0.05) is 25.9 Å². The van der Waals surface area contributed by atoms with Gasteiger partial charge in [0.2, 0.25) is 0 Å². The highest BCUT2D eigenvalue weighted by atomic mass is 16.1. The Morgan fingerprint density at radius 1 is 1.54 bits per heavy atom. The van der Waals surface area contributed by atoms with Gasteiger partial charge in [-0.15, -0.1) is 0 Å². The molecule has 0 saturated carbocycles. The van der Waals surface area contributed by atoms with Gasteiger partial charge >= 0.3 is 0 Å². The molecule has 0 spiro atoms. The standard InChI is InChI=1S/C10H12N2O/c1-4-9(13)8-5-6-10(11-7-8)12(2)3/h4-7H,1H2,2-3H3. The van der Waals surface area contributed by atoms with Crippen LogP contribution in [0.25, 0.3) is 0 Å². The van der Waals surface area contributed by atoms with Crippen molar-refractivity contribution < 1.29 is 4.79 Å². The van der Waals surface area contributed by atoms with E-state index >= 15 is 0 Å². The summed E-state index contributed by atoms with van der Waals surface area (Å²) in [6.07, 6.45) is 2.84. The largest absolute Gasteiger partial charge is 0.363 e. The molecule has 1 rings (SSSR count). The quantitative estimate of drug-likeness (QED) is 0.517. The van der Waals surface area contributed by atoms with Crippen molar-refractivity contribution in [3.8, 4) is 0 Å². The number of carbonyl (C=O) groups excluding carboxylic acids is 1. The summed E-state index contributed by atoms with van der Waals surface area (Å²) in [6, 6.07) is 3.54. The highest BCUT2D eigenvalue weighted by Crippen LogP contribution is 2.08. The van der Waals surface area contributed by atoms with Gasteiger partial charge in [0.15, 0.2) is 5.78 Å². The van der Waals surface area contributed by atoms with Crippen LogP contribution >= 0.6 is 0 Å². The predicted molar refractivity (Wildman–Crippen MR) is 53.1 cm³/mol. The lowest BCUT2D eigenvalue weighted by atomic mass is 10.2. The van der Waals surface area contributed by atoms with Crippen LogP contribution < -0.4 is 4.90 Å². The number of aromatic nitrogens is 1. The summed E-state index contributed by atoms with van der Waals surface area (Å²) in [5.41, 5.74) is 0.570. The van der Waals surface area contributed by atoms with Gasteiger partial charge in [-0.1, -0.05) is 6.58 Å². The lowest BCUT2D eigenvalue weighted by molar-refractivity contribution is 0.104. The Hall–Kier alpha value is -1.64. The zero-order chi connectivity index (χ0) is 9.84. The molecule has 68 valence electrons. The molecule has 13 heavy (non-hydrogen) atoms. The first-order valence-electron chi connectivity index (χ1n) is 3.95. The lowest BCUT2D eigenvalue weighted by Crippen LogP contribution is -2.10. The smallest absolute Gasteiger partial charge is 0.186 e. The molecular formula is C10H12N2O. The number of hydrogen-bond donors (Lipinski definition) is 0. The third-order valence-electron chi connectivity index (χ3n) is 1.68. The fourth-order valence-corrected chi connectivity index (χ4v) is 0.914. The number of anilines is 1. The minimum atomic E-state index is -0.0993. The minimum absolute atomic E-state index is 0.0993. The lowest BCUT2D eigenvalue weighted by Gasteiger charge is -2.10. The fraction of sp³-hybridized carbons (Fsp3) is 0.200. The monoisotopic (exact) mass is 176 g/mol. The van der Waals surface area contributed by atoms with E-state index in [2.05, 4.69) is 11.6 Å². The Balaban J connectivity index is 2.93. The Morgan fingerprint density at radius 3 is 2.62 bits per heavy atom. The van der Waals surface area contributed by atoms with Crippen molar-refractivity contribution in [2.45, 2.75) is 0 Å². The molecule has 0 aliphatic heterocycles. The molecule has 0 aliphatic carbocycles. The average molecular weight is 176 g/mol. The van der Waals surface area contributed by atoms with E-state index in [0.29, 0.717) is 5.56 Å². The van der Waals surface area contributed by atoms with Gasteiger partial charge in [-0.3, -0.25) is 4.79 Å². The van der Waals surface area contributed by atoms with Crippen LogP contribution in [-0.2, 0) is 0 Å². The second-order valence-corrected chi connectivity index (χ2v) is 2.87. The van der Waals surface area contributed by atoms with Gasteiger partial charge in [-0.25, -0.2) is 4.98 Å². The zero-order valence-electron chi connectivity index (χ0n) is 7.82. The molecule has 0 saturated heterocycles. The second-order valence-electron chi connectivity index (χ2n) is 2.87. The maximum absolute atomic E-state index is 11.1. The van der Waals surface area contributed by atoms with Gasteiger partial charge in [-0.2, -0.15) is 0 Å². The first-order valence-corrected chi connectivity index (χ1v) is 3.95. The molecule has 0 bridgehead atoms. The van der Waals surface area contributed by atoms with Crippen LogP contribution in [0.4, 0.5) is 5.82 Å². The molecule has 0 unspecified atom stereocenters. The van der Waals surface area contributed by atoms with E-state index in [9.17, 15) is 4.79 Å². The molecule has 0 aliphatic rings. The highest BCUT2D eigenvalue weighted by Gasteiger charge is 2.01. The predicted octanol–water partition coefficient (Wildman–Crippen LogP) is 1.52. The van der Waals surface area contributed by atoms with E-state index in [-0.39, 0.29) is 5.78 Å². The fourth-order valence-electron chi connectivity index (χ4n) is 0.914. The maximum Gasteiger partial charge on any atom is 0.186 e. The van der Waals surface area contributed by atoms with Gasteiger partial charge in [0.05, 0.1) is 0 Å². The van der Waals surface area contributed by atoms with Crippen LogP contribution in [0.15, 0.2) is 31.0 Å². The molecule has 1 heterocycles. The van der Waals surface area contributed by atoms with E-state index < -0.39 is 0 Å². The summed E-state index contributed by atoms with van der Waals surface area (Å²) in [5.74, 6) is 0.735. The van der Waals surface area contributed by atoms with Crippen molar-refractivity contribution in [3.05, 3.63) is 36.5 Å². The van der Waals surface area contributed by atoms with Crippen LogP contribution in [0.5, 0.6) is 0 Å². The van der Waals surface area contributed by atoms with Crippen LogP contribution in [0.2, 0.25) is 0 Å². The van der Waals surface area contributed by atoms with Crippen molar-refractivity contribution in [2.75, 3.05) is 19.0 Å². The van der Waals surface area contributed by atoms with E-state index in [1.165, 1.54) is 6.08 Å². The Kier molecular flexibility index (Phi) is 2.80. The van der Waals surface area contributed by atoms with Gasteiger partial charge in [0.25, 0.3) is 0 Å². The summed E-state index contributed by atoms with van der Waals surface area (Å²) in [4.78, 5) is 17.1. The summed E-state index contributed by atoms with van der Waals surface area (Å²) < 4.78 is 0. The number of pyridine rings is 1. The summed E-state index contributed by atoms with van der Waals surface area (Å²) in [5, 5.41) is 0. The van der Waals surface area contributed by atoms with Gasteiger partial charge in [-0.05, 0) is 18.2 Å². The van der Waals surface area contributed by atoms with Crippen LogP contribution in [0.3, 0.4) is 0 Å². The zero-order valence-corrected chi connectivity index (χ0v) is 7.82. The van der Waals surface area contributed by atoms with E-state index in [4.69, 9.17) is 0 Å². The van der Waals surface area contributed by atoms with E-state index in [1.807, 2.05) is 19.0 Å². The van der Waals surface area contributed by atoms with Crippen molar-refractivity contribution in [1.29, 1.82) is 0 Å². The number of allylic oxidation sites excluding steroid dienone is 1. The van der Waals surface area contributed by atoms with Crippen molar-refractivity contribution in [3.63, 3.8) is 0 Å². The molecule has 0 radical (unpaired) electrons. The molecular weight excluding hydrogens is 164 g/mol. The molecule has 0 atom stereocenters. The molecule has 3 heteroatoms. The second kappa shape index (κ2) is 3.85. The molecule has 3 nitrogen and oxygen atoms in total. The number of nitrogens with zero attached hydrogens (tertiary/aromatic N) is 2. The Bertz CT molecular complexity index is 314. The number of rotatable bonds is 3. The molecule has 0 amide bonds. The van der Waals surface area contributed by atoms with Crippen LogP contribution in [0.1, 0.15) is 10.4 Å². The molecule has 1 aromatic heterocycles. The van der Waals surface area contributed by atoms with E-state index in [1.54, 1.807) is 18.3 Å². The van der Waals surface area contributed by atoms with Gasteiger partial charge < -0.3 is 4.90 Å². The maximum atomic E-state index is 11.1.